The van der Waals surface area contributed by atoms with Crippen LogP contribution in [0.15, 0.2) is 18.2 Å². The number of amides is 3. The lowest BCUT2D eigenvalue weighted by Gasteiger charge is -2.28. The summed E-state index contributed by atoms with van der Waals surface area (Å²) < 4.78 is 0. The molecule has 2 unspecified atom stereocenters. The van der Waals surface area contributed by atoms with Gasteiger partial charge in [-0.2, -0.15) is 5.26 Å². The molecule has 1 aromatic rings. The van der Waals surface area contributed by atoms with Crippen LogP contribution in [0.25, 0.3) is 0 Å². The molecule has 5 nitrogen and oxygen atoms in total. The maximum Gasteiger partial charge on any atom is 0.325 e. The molecule has 0 bridgehead atoms. The van der Waals surface area contributed by atoms with Gasteiger partial charge in [0.05, 0.1) is 12.0 Å². The van der Waals surface area contributed by atoms with Crippen molar-refractivity contribution in [3.8, 4) is 6.07 Å². The number of urea groups is 1. The summed E-state index contributed by atoms with van der Waals surface area (Å²) in [4.78, 5) is 26.3. The number of benzene rings is 1. The Bertz CT molecular complexity index is 662. The quantitative estimate of drug-likeness (QED) is 0.869. The van der Waals surface area contributed by atoms with Crippen LogP contribution in [0.5, 0.6) is 0 Å². The summed E-state index contributed by atoms with van der Waals surface area (Å²) in [6.45, 7) is 7.64. The molecule has 1 fully saturated rings. The van der Waals surface area contributed by atoms with Crippen LogP contribution in [0.4, 0.5) is 4.79 Å². The van der Waals surface area contributed by atoms with Crippen LogP contribution in [0.3, 0.4) is 0 Å². The van der Waals surface area contributed by atoms with E-state index in [1.54, 1.807) is 6.92 Å². The summed E-state index contributed by atoms with van der Waals surface area (Å²) in [5, 5.41) is 11.8. The van der Waals surface area contributed by atoms with Crippen LogP contribution in [-0.2, 0) is 10.3 Å². The molecule has 1 N–H and O–H groups in total. The number of nitriles is 1. The fourth-order valence-corrected chi connectivity index (χ4v) is 3.01. The Balaban J connectivity index is 2.45. The van der Waals surface area contributed by atoms with Gasteiger partial charge in [0.15, 0.2) is 0 Å². The van der Waals surface area contributed by atoms with Crippen molar-refractivity contribution in [3.63, 3.8) is 0 Å². The van der Waals surface area contributed by atoms with E-state index in [-0.39, 0.29) is 18.4 Å². The summed E-state index contributed by atoms with van der Waals surface area (Å²) in [6, 6.07) is 7.50. The van der Waals surface area contributed by atoms with Crippen LogP contribution in [0.2, 0.25) is 0 Å². The van der Waals surface area contributed by atoms with E-state index in [2.05, 4.69) is 11.4 Å². The van der Waals surface area contributed by atoms with Crippen molar-refractivity contribution in [2.45, 2.75) is 39.7 Å². The highest BCUT2D eigenvalue weighted by Crippen LogP contribution is 2.34. The topological polar surface area (TPSA) is 73.2 Å². The molecule has 3 amide bonds. The van der Waals surface area contributed by atoms with Crippen molar-refractivity contribution in [2.75, 3.05) is 6.54 Å². The third-order valence-electron chi connectivity index (χ3n) is 4.22. The minimum absolute atomic E-state index is 0.119. The zero-order valence-electron chi connectivity index (χ0n) is 13.4. The molecule has 5 heteroatoms. The molecule has 2 rings (SSSR count). The van der Waals surface area contributed by atoms with Gasteiger partial charge in [0.2, 0.25) is 0 Å². The first-order chi connectivity index (χ1) is 10.4. The van der Waals surface area contributed by atoms with Gasteiger partial charge >= 0.3 is 6.03 Å². The molecule has 0 saturated carbocycles. The maximum atomic E-state index is 12.9. The van der Waals surface area contributed by atoms with Crippen molar-refractivity contribution in [1.82, 2.24) is 10.2 Å². The van der Waals surface area contributed by atoms with Crippen LogP contribution in [0, 0.1) is 31.1 Å². The molecule has 1 aromatic carbocycles. The van der Waals surface area contributed by atoms with Gasteiger partial charge in [0, 0.05) is 6.54 Å². The van der Waals surface area contributed by atoms with Crippen molar-refractivity contribution in [2.24, 2.45) is 5.92 Å². The van der Waals surface area contributed by atoms with Crippen molar-refractivity contribution in [1.29, 1.82) is 5.26 Å². The molecule has 1 aliphatic heterocycles. The number of aryl methyl sites for hydroxylation is 2. The fraction of sp³-hybridized carbons (Fsp3) is 0.471. The number of nitrogens with zero attached hydrogens (tertiary/aromatic N) is 2. The lowest BCUT2D eigenvalue weighted by Crippen LogP contribution is -2.44. The highest BCUT2D eigenvalue weighted by Gasteiger charge is 2.51. The number of carbonyl (C=O) groups is 2. The smallest absolute Gasteiger partial charge is 0.319 e. The number of carbonyl (C=O) groups excluding carboxylic acids is 2. The van der Waals surface area contributed by atoms with Gasteiger partial charge in [-0.25, -0.2) is 4.79 Å². The standard InChI is InChI=1S/C17H21N3O2/c1-5-17(14-7-6-11(2)8-13(14)4)15(21)20(16(22)19-17)10-12(3)9-18/h6-8,12H,5,10H2,1-4H3,(H,19,22). The number of rotatable bonds is 4. The zero-order chi connectivity index (χ0) is 16.5. The summed E-state index contributed by atoms with van der Waals surface area (Å²) in [7, 11) is 0. The van der Waals surface area contributed by atoms with Gasteiger partial charge in [0.25, 0.3) is 5.91 Å². The molecule has 116 valence electrons. The van der Waals surface area contributed by atoms with E-state index < -0.39 is 11.6 Å². The average molecular weight is 299 g/mol. The number of hydrogen-bond acceptors (Lipinski definition) is 3. The Labute approximate surface area is 130 Å². The predicted octanol–water partition coefficient (Wildman–Crippen LogP) is 2.62. The first-order valence-electron chi connectivity index (χ1n) is 7.47. The predicted molar refractivity (Wildman–Crippen MR) is 82.9 cm³/mol. The van der Waals surface area contributed by atoms with E-state index in [0.29, 0.717) is 6.42 Å². The molecule has 0 aromatic heterocycles. The zero-order valence-corrected chi connectivity index (χ0v) is 13.4. The maximum absolute atomic E-state index is 12.9. The van der Waals surface area contributed by atoms with E-state index in [1.165, 1.54) is 0 Å². The lowest BCUT2D eigenvalue weighted by atomic mass is 9.83. The molecule has 1 saturated heterocycles. The van der Waals surface area contributed by atoms with Gasteiger partial charge in [-0.05, 0) is 38.3 Å². The minimum Gasteiger partial charge on any atom is -0.319 e. The van der Waals surface area contributed by atoms with Gasteiger partial charge in [-0.3, -0.25) is 9.69 Å². The third kappa shape index (κ3) is 2.45. The highest BCUT2D eigenvalue weighted by atomic mass is 16.2. The molecular formula is C17H21N3O2. The van der Waals surface area contributed by atoms with Crippen LogP contribution >= 0.6 is 0 Å². The molecule has 2 atom stereocenters. The third-order valence-corrected chi connectivity index (χ3v) is 4.22. The molecule has 0 spiro atoms. The van der Waals surface area contributed by atoms with Gasteiger partial charge in [0.1, 0.15) is 5.54 Å². The summed E-state index contributed by atoms with van der Waals surface area (Å²) in [5.74, 6) is -0.657. The number of imide groups is 1. The molecule has 1 heterocycles. The number of hydrogen-bond donors (Lipinski definition) is 1. The van der Waals surface area contributed by atoms with Gasteiger partial charge in [-0.15, -0.1) is 0 Å². The molecule has 0 radical (unpaired) electrons. The van der Waals surface area contributed by atoms with Gasteiger partial charge < -0.3 is 5.32 Å². The first kappa shape index (κ1) is 16.0. The minimum atomic E-state index is -1.02. The van der Waals surface area contributed by atoms with E-state index in [1.807, 2.05) is 39.0 Å². The Kier molecular flexibility index (Phi) is 4.23. The molecular weight excluding hydrogens is 278 g/mol. The van der Waals surface area contributed by atoms with Crippen molar-refractivity contribution < 1.29 is 9.59 Å². The second-order valence-electron chi connectivity index (χ2n) is 5.95. The van der Waals surface area contributed by atoms with E-state index in [4.69, 9.17) is 5.26 Å². The molecule has 1 aliphatic rings. The van der Waals surface area contributed by atoms with E-state index in [9.17, 15) is 9.59 Å². The molecule has 22 heavy (non-hydrogen) atoms. The summed E-state index contributed by atoms with van der Waals surface area (Å²) in [5.41, 5.74) is 1.89. The van der Waals surface area contributed by atoms with Crippen LogP contribution in [0.1, 0.15) is 37.0 Å². The van der Waals surface area contributed by atoms with Crippen LogP contribution in [-0.4, -0.2) is 23.4 Å². The lowest BCUT2D eigenvalue weighted by molar-refractivity contribution is -0.132. The SMILES string of the molecule is CCC1(c2ccc(C)cc2C)NC(=O)N(CC(C)C#N)C1=O. The Morgan fingerprint density at radius 3 is 2.59 bits per heavy atom. The largest absolute Gasteiger partial charge is 0.325 e. The molecule has 0 aliphatic carbocycles. The monoisotopic (exact) mass is 299 g/mol. The fourth-order valence-electron chi connectivity index (χ4n) is 3.01. The van der Waals surface area contributed by atoms with Crippen LogP contribution < -0.4 is 5.32 Å². The Hall–Kier alpha value is -2.35. The van der Waals surface area contributed by atoms with E-state index >= 15 is 0 Å². The van der Waals surface area contributed by atoms with Crippen molar-refractivity contribution in [3.05, 3.63) is 34.9 Å². The number of nitrogens with one attached hydrogen (secondary N) is 1. The second kappa shape index (κ2) is 5.80. The van der Waals surface area contributed by atoms with Gasteiger partial charge in [-0.1, -0.05) is 30.7 Å². The first-order valence-corrected chi connectivity index (χ1v) is 7.47. The van der Waals surface area contributed by atoms with Crippen molar-refractivity contribution >= 4 is 11.9 Å². The normalized spacial score (nSPS) is 22.4. The Morgan fingerprint density at radius 2 is 2.05 bits per heavy atom. The average Bonchev–Trinajstić information content (AvgIpc) is 2.72. The second-order valence-corrected chi connectivity index (χ2v) is 5.95. The Morgan fingerprint density at radius 1 is 1.36 bits per heavy atom. The summed E-state index contributed by atoms with van der Waals surface area (Å²) >= 11 is 0. The summed E-state index contributed by atoms with van der Waals surface area (Å²) in [6.07, 6.45) is 0.471. The van der Waals surface area contributed by atoms with E-state index in [0.717, 1.165) is 21.6 Å². The highest BCUT2D eigenvalue weighted by molar-refractivity contribution is 6.07.